The summed E-state index contributed by atoms with van der Waals surface area (Å²) < 4.78 is 43.9. The lowest BCUT2D eigenvalue weighted by atomic mass is 9.69. The van der Waals surface area contributed by atoms with Crippen LogP contribution in [0.25, 0.3) is 0 Å². The maximum Gasteiger partial charge on any atom is 0.471 e. The van der Waals surface area contributed by atoms with Crippen molar-refractivity contribution in [3.63, 3.8) is 0 Å². The van der Waals surface area contributed by atoms with Crippen LogP contribution in [0.2, 0.25) is 0 Å². The van der Waals surface area contributed by atoms with Crippen LogP contribution in [0.5, 0.6) is 5.75 Å². The van der Waals surface area contributed by atoms with Gasteiger partial charge in [-0.05, 0) is 29.7 Å². The summed E-state index contributed by atoms with van der Waals surface area (Å²) in [6, 6.07) is 16.8. The van der Waals surface area contributed by atoms with Crippen LogP contribution in [0.15, 0.2) is 54.6 Å². The smallest absolute Gasteiger partial charge is 0.471 e. The largest absolute Gasteiger partial charge is 0.492 e. The Morgan fingerprint density at radius 3 is 2.44 bits per heavy atom. The summed E-state index contributed by atoms with van der Waals surface area (Å²) in [6.45, 7) is 0.752. The number of hydrogen-bond donors (Lipinski definition) is 1. The predicted molar refractivity (Wildman–Crippen MR) is 95.5 cm³/mol. The minimum absolute atomic E-state index is 0.0145. The third-order valence-electron chi connectivity index (χ3n) is 4.74. The number of carbonyl (C=O) groups excluding carboxylic acids is 1. The van der Waals surface area contributed by atoms with Gasteiger partial charge in [0.15, 0.2) is 0 Å². The summed E-state index contributed by atoms with van der Waals surface area (Å²) in [7, 11) is 0. The molecule has 0 saturated carbocycles. The summed E-state index contributed by atoms with van der Waals surface area (Å²) in [5, 5.41) is 0. The maximum atomic E-state index is 12.8. The first-order chi connectivity index (χ1) is 12.8. The Labute approximate surface area is 155 Å². The highest BCUT2D eigenvalue weighted by molar-refractivity contribution is 5.83. The second-order valence-corrected chi connectivity index (χ2v) is 6.77. The molecular formula is C20H21F3N2O2. The first kappa shape index (κ1) is 19.2. The van der Waals surface area contributed by atoms with E-state index >= 15 is 0 Å². The van der Waals surface area contributed by atoms with Gasteiger partial charge in [0, 0.05) is 25.0 Å². The van der Waals surface area contributed by atoms with Crippen LogP contribution >= 0.6 is 0 Å². The Bertz CT molecular complexity index is 787. The molecule has 1 amide bonds. The molecule has 0 atom stereocenters. The molecule has 1 aliphatic heterocycles. The van der Waals surface area contributed by atoms with E-state index in [-0.39, 0.29) is 13.1 Å². The third-order valence-corrected chi connectivity index (χ3v) is 4.74. The van der Waals surface area contributed by atoms with Crippen LogP contribution in [0.1, 0.15) is 11.1 Å². The number of rotatable bonds is 6. The van der Waals surface area contributed by atoms with Gasteiger partial charge in [-0.1, -0.05) is 42.5 Å². The van der Waals surface area contributed by atoms with E-state index in [1.165, 1.54) is 0 Å². The van der Waals surface area contributed by atoms with Crippen molar-refractivity contribution in [2.75, 3.05) is 26.2 Å². The Hall–Kier alpha value is -2.54. The van der Waals surface area contributed by atoms with Crippen molar-refractivity contribution in [3.8, 4) is 5.75 Å². The Morgan fingerprint density at radius 2 is 1.81 bits per heavy atom. The second-order valence-electron chi connectivity index (χ2n) is 6.77. The monoisotopic (exact) mass is 378 g/mol. The molecule has 0 unspecified atom stereocenters. The second kappa shape index (κ2) is 7.60. The number of likely N-dealkylation sites (tertiary alicyclic amines) is 1. The van der Waals surface area contributed by atoms with E-state index in [9.17, 15) is 18.0 Å². The fourth-order valence-corrected chi connectivity index (χ4v) is 3.48. The van der Waals surface area contributed by atoms with Crippen molar-refractivity contribution in [1.82, 2.24) is 4.90 Å². The van der Waals surface area contributed by atoms with Gasteiger partial charge in [0.05, 0.1) is 0 Å². The highest BCUT2D eigenvalue weighted by Gasteiger charge is 2.53. The molecule has 1 fully saturated rings. The molecule has 1 saturated heterocycles. The van der Waals surface area contributed by atoms with E-state index in [1.54, 1.807) is 6.07 Å². The van der Waals surface area contributed by atoms with E-state index in [0.717, 1.165) is 16.0 Å². The molecule has 1 aliphatic rings. The summed E-state index contributed by atoms with van der Waals surface area (Å²) in [5.74, 6) is -1.17. The Balaban J connectivity index is 1.87. The molecule has 2 aromatic carbocycles. The van der Waals surface area contributed by atoms with Crippen LogP contribution in [0, 0.1) is 0 Å². The van der Waals surface area contributed by atoms with E-state index in [4.69, 9.17) is 10.5 Å². The van der Waals surface area contributed by atoms with E-state index < -0.39 is 17.5 Å². The molecule has 3 rings (SSSR count). The van der Waals surface area contributed by atoms with E-state index in [0.29, 0.717) is 25.3 Å². The van der Waals surface area contributed by atoms with Gasteiger partial charge in [0.1, 0.15) is 12.4 Å². The fraction of sp³-hybridized carbons (Fsp3) is 0.350. The molecule has 0 radical (unpaired) electrons. The average Bonchev–Trinajstić information content (AvgIpc) is 2.62. The molecule has 1 heterocycles. The highest BCUT2D eigenvalue weighted by atomic mass is 19.4. The molecular weight excluding hydrogens is 357 g/mol. The Kier molecular flexibility index (Phi) is 5.41. The van der Waals surface area contributed by atoms with Gasteiger partial charge in [-0.2, -0.15) is 13.2 Å². The molecule has 7 heteroatoms. The van der Waals surface area contributed by atoms with Crippen LogP contribution in [0.4, 0.5) is 13.2 Å². The zero-order valence-electron chi connectivity index (χ0n) is 14.7. The van der Waals surface area contributed by atoms with Gasteiger partial charge in [0.2, 0.25) is 0 Å². The van der Waals surface area contributed by atoms with Crippen molar-refractivity contribution >= 4 is 5.91 Å². The quantitative estimate of drug-likeness (QED) is 0.841. The summed E-state index contributed by atoms with van der Waals surface area (Å²) in [5.41, 5.74) is 6.74. The predicted octanol–water partition coefficient (Wildman–Crippen LogP) is 2.91. The van der Waals surface area contributed by atoms with Gasteiger partial charge < -0.3 is 15.4 Å². The molecule has 0 aliphatic carbocycles. The van der Waals surface area contributed by atoms with Gasteiger partial charge in [0.25, 0.3) is 0 Å². The first-order valence-electron chi connectivity index (χ1n) is 8.67. The first-order valence-corrected chi connectivity index (χ1v) is 8.67. The Morgan fingerprint density at radius 1 is 1.11 bits per heavy atom. The number of amides is 1. The number of ether oxygens (including phenoxy) is 1. The lowest BCUT2D eigenvalue weighted by Gasteiger charge is -2.51. The number of benzene rings is 2. The normalized spacial score (nSPS) is 15.9. The summed E-state index contributed by atoms with van der Waals surface area (Å²) in [6.07, 6.45) is -4.32. The van der Waals surface area contributed by atoms with Crippen LogP contribution < -0.4 is 10.5 Å². The lowest BCUT2D eigenvalue weighted by molar-refractivity contribution is -0.192. The van der Waals surface area contributed by atoms with Crippen molar-refractivity contribution in [1.29, 1.82) is 0 Å². The number of halogens is 3. The zero-order valence-corrected chi connectivity index (χ0v) is 14.7. The molecule has 144 valence electrons. The third kappa shape index (κ3) is 4.24. The number of hydrogen-bond acceptors (Lipinski definition) is 3. The van der Waals surface area contributed by atoms with Crippen molar-refractivity contribution in [2.45, 2.75) is 18.0 Å². The SMILES string of the molecule is NCCOc1cccc(C2(Cc3ccccc3)CN(C(=O)C(F)(F)F)C2)c1. The van der Waals surface area contributed by atoms with Crippen LogP contribution in [-0.2, 0) is 16.6 Å². The van der Waals surface area contributed by atoms with Crippen molar-refractivity contribution in [3.05, 3.63) is 65.7 Å². The summed E-state index contributed by atoms with van der Waals surface area (Å²) in [4.78, 5) is 12.4. The number of alkyl halides is 3. The van der Waals surface area contributed by atoms with Crippen LogP contribution in [0.3, 0.4) is 0 Å². The highest BCUT2D eigenvalue weighted by Crippen LogP contribution is 2.40. The molecule has 2 aromatic rings. The maximum absolute atomic E-state index is 12.8. The molecule has 27 heavy (non-hydrogen) atoms. The van der Waals surface area contributed by atoms with E-state index in [1.807, 2.05) is 48.5 Å². The number of nitrogens with zero attached hydrogens (tertiary/aromatic N) is 1. The number of nitrogens with two attached hydrogens (primary N) is 1. The van der Waals surface area contributed by atoms with Gasteiger partial charge >= 0.3 is 12.1 Å². The van der Waals surface area contributed by atoms with Crippen molar-refractivity contribution < 1.29 is 22.7 Å². The van der Waals surface area contributed by atoms with Crippen molar-refractivity contribution in [2.24, 2.45) is 5.73 Å². The van der Waals surface area contributed by atoms with Crippen LogP contribution in [-0.4, -0.2) is 43.2 Å². The molecule has 0 spiro atoms. The average molecular weight is 378 g/mol. The number of carbonyl (C=O) groups is 1. The van der Waals surface area contributed by atoms with Gasteiger partial charge in [-0.25, -0.2) is 0 Å². The molecule has 4 nitrogen and oxygen atoms in total. The fourth-order valence-electron chi connectivity index (χ4n) is 3.48. The molecule has 0 bridgehead atoms. The van der Waals surface area contributed by atoms with Gasteiger partial charge in [-0.15, -0.1) is 0 Å². The minimum atomic E-state index is -4.86. The minimum Gasteiger partial charge on any atom is -0.492 e. The standard InChI is InChI=1S/C20H21F3N2O2/c21-20(22,23)18(26)25-13-19(14-25,12-15-5-2-1-3-6-15)16-7-4-8-17(11-16)27-10-9-24/h1-8,11H,9-10,12-14,24H2. The zero-order chi connectivity index (χ0) is 19.5. The lowest BCUT2D eigenvalue weighted by Crippen LogP contribution is -2.64. The van der Waals surface area contributed by atoms with E-state index in [2.05, 4.69) is 0 Å². The molecule has 0 aromatic heterocycles. The van der Waals surface area contributed by atoms with Gasteiger partial charge in [-0.3, -0.25) is 4.79 Å². The summed E-state index contributed by atoms with van der Waals surface area (Å²) >= 11 is 0. The molecule has 2 N–H and O–H groups in total. The topological polar surface area (TPSA) is 55.6 Å².